The lowest BCUT2D eigenvalue weighted by molar-refractivity contribution is 0.378. The number of rotatable bonds is 6. The minimum Gasteiger partial charge on any atom is -0.459 e. The third-order valence-electron chi connectivity index (χ3n) is 4.65. The fraction of sp³-hybridized carbons (Fsp3) is 0.227. The fourth-order valence-corrected chi connectivity index (χ4v) is 3.17. The van der Waals surface area contributed by atoms with Gasteiger partial charge in [-0.1, -0.05) is 35.0 Å². The second-order valence-electron chi connectivity index (χ2n) is 6.82. The Kier molecular flexibility index (Phi) is 7.91. The van der Waals surface area contributed by atoms with Crippen molar-refractivity contribution in [3.8, 4) is 11.4 Å². The Morgan fingerprint density at radius 1 is 1.16 bits per heavy atom. The van der Waals surface area contributed by atoms with Crippen LogP contribution in [-0.2, 0) is 6.42 Å². The zero-order valence-electron chi connectivity index (χ0n) is 17.1. The van der Waals surface area contributed by atoms with Crippen molar-refractivity contribution in [2.75, 3.05) is 13.6 Å². The molecule has 2 aromatic heterocycles. The van der Waals surface area contributed by atoms with E-state index in [0.29, 0.717) is 35.7 Å². The van der Waals surface area contributed by atoms with Crippen LogP contribution in [0.25, 0.3) is 22.4 Å². The molecule has 7 nitrogen and oxygen atoms in total. The van der Waals surface area contributed by atoms with E-state index >= 15 is 0 Å². The average Bonchev–Trinajstić information content (AvgIpc) is 3.40. The van der Waals surface area contributed by atoms with Crippen LogP contribution in [0.4, 0.5) is 0 Å². The standard InChI is InChI=1S/C22H22ClN5O2.HI/c1-14(19-13-16-5-3-4-6-18(16)29-19)26-22(24-2)25-12-11-20-27-21(28-30-20)15-7-9-17(23)10-8-15;/h3-10,13-14H,11-12H2,1-2H3,(H2,24,25,26);1H. The Labute approximate surface area is 202 Å². The number of hydrogen-bond acceptors (Lipinski definition) is 5. The van der Waals surface area contributed by atoms with Crippen LogP contribution in [0, 0.1) is 0 Å². The first-order valence-electron chi connectivity index (χ1n) is 9.66. The van der Waals surface area contributed by atoms with Crippen molar-refractivity contribution < 1.29 is 8.94 Å². The summed E-state index contributed by atoms with van der Waals surface area (Å²) in [6.45, 7) is 2.62. The highest BCUT2D eigenvalue weighted by Gasteiger charge is 2.13. The average molecular weight is 552 g/mol. The van der Waals surface area contributed by atoms with E-state index in [4.69, 9.17) is 20.5 Å². The maximum Gasteiger partial charge on any atom is 0.228 e. The van der Waals surface area contributed by atoms with Crippen LogP contribution in [0.3, 0.4) is 0 Å². The molecule has 1 unspecified atom stereocenters. The number of furan rings is 1. The molecule has 2 aromatic carbocycles. The first kappa shape index (κ1) is 23.1. The topological polar surface area (TPSA) is 88.5 Å². The summed E-state index contributed by atoms with van der Waals surface area (Å²) in [5, 5.41) is 12.4. The molecule has 0 aliphatic heterocycles. The van der Waals surface area contributed by atoms with Crippen molar-refractivity contribution in [2.45, 2.75) is 19.4 Å². The van der Waals surface area contributed by atoms with E-state index < -0.39 is 0 Å². The van der Waals surface area contributed by atoms with E-state index in [2.05, 4.69) is 25.8 Å². The molecule has 31 heavy (non-hydrogen) atoms. The first-order valence-corrected chi connectivity index (χ1v) is 10.0. The van der Waals surface area contributed by atoms with Gasteiger partial charge in [0, 0.05) is 36.0 Å². The third-order valence-corrected chi connectivity index (χ3v) is 4.90. The van der Waals surface area contributed by atoms with Gasteiger partial charge < -0.3 is 19.6 Å². The quantitative estimate of drug-likeness (QED) is 0.194. The summed E-state index contributed by atoms with van der Waals surface area (Å²) in [7, 11) is 1.73. The molecule has 0 radical (unpaired) electrons. The Hall–Kier alpha value is -2.59. The molecular weight excluding hydrogens is 529 g/mol. The lowest BCUT2D eigenvalue weighted by Gasteiger charge is -2.15. The molecule has 2 heterocycles. The molecule has 0 saturated carbocycles. The normalized spacial score (nSPS) is 12.4. The molecule has 0 fully saturated rings. The van der Waals surface area contributed by atoms with Crippen LogP contribution in [0.2, 0.25) is 5.02 Å². The van der Waals surface area contributed by atoms with Gasteiger partial charge in [-0.15, -0.1) is 24.0 Å². The van der Waals surface area contributed by atoms with E-state index in [9.17, 15) is 0 Å². The predicted octanol–water partition coefficient (Wildman–Crippen LogP) is 5.22. The largest absolute Gasteiger partial charge is 0.459 e. The summed E-state index contributed by atoms with van der Waals surface area (Å²) in [5.41, 5.74) is 1.73. The number of para-hydroxylation sites is 1. The van der Waals surface area contributed by atoms with Crippen molar-refractivity contribution in [1.82, 2.24) is 20.8 Å². The summed E-state index contributed by atoms with van der Waals surface area (Å²) in [4.78, 5) is 8.70. The number of benzene rings is 2. The Morgan fingerprint density at radius 3 is 2.68 bits per heavy atom. The number of aromatic nitrogens is 2. The molecular formula is C22H23ClIN5O2. The maximum atomic E-state index is 5.92. The number of fused-ring (bicyclic) bond motifs is 1. The number of nitrogens with zero attached hydrogens (tertiary/aromatic N) is 3. The van der Waals surface area contributed by atoms with Gasteiger partial charge in [-0.2, -0.15) is 4.98 Å². The number of hydrogen-bond donors (Lipinski definition) is 2. The van der Waals surface area contributed by atoms with Crippen molar-refractivity contribution in [3.63, 3.8) is 0 Å². The van der Waals surface area contributed by atoms with Crippen LogP contribution in [0.5, 0.6) is 0 Å². The molecule has 4 aromatic rings. The summed E-state index contributed by atoms with van der Waals surface area (Å²) >= 11 is 5.92. The monoisotopic (exact) mass is 551 g/mol. The first-order chi connectivity index (χ1) is 14.6. The molecule has 9 heteroatoms. The van der Waals surface area contributed by atoms with Gasteiger partial charge in [0.25, 0.3) is 0 Å². The summed E-state index contributed by atoms with van der Waals surface area (Å²) in [5.74, 6) is 2.61. The fourth-order valence-electron chi connectivity index (χ4n) is 3.05. The van der Waals surface area contributed by atoms with E-state index in [1.54, 1.807) is 19.2 Å². The second-order valence-corrected chi connectivity index (χ2v) is 7.26. The van der Waals surface area contributed by atoms with Gasteiger partial charge in [0.15, 0.2) is 5.96 Å². The van der Waals surface area contributed by atoms with Crippen molar-refractivity contribution in [2.24, 2.45) is 4.99 Å². The number of halogens is 2. The molecule has 0 aliphatic rings. The van der Waals surface area contributed by atoms with Crippen molar-refractivity contribution in [3.05, 3.63) is 71.3 Å². The van der Waals surface area contributed by atoms with Gasteiger partial charge in [-0.25, -0.2) is 0 Å². The van der Waals surface area contributed by atoms with E-state index in [1.165, 1.54) is 0 Å². The van der Waals surface area contributed by atoms with Crippen molar-refractivity contribution >= 4 is 52.5 Å². The Balaban J connectivity index is 0.00000272. The highest BCUT2D eigenvalue weighted by Crippen LogP contribution is 2.23. The molecule has 0 aliphatic carbocycles. The number of aliphatic imine (C=N–C) groups is 1. The summed E-state index contributed by atoms with van der Waals surface area (Å²) in [6.07, 6.45) is 0.570. The lowest BCUT2D eigenvalue weighted by atomic mass is 10.2. The van der Waals surface area contributed by atoms with E-state index in [1.807, 2.05) is 49.4 Å². The molecule has 0 amide bonds. The smallest absolute Gasteiger partial charge is 0.228 e. The molecule has 4 rings (SSSR count). The lowest BCUT2D eigenvalue weighted by Crippen LogP contribution is -2.39. The van der Waals surface area contributed by atoms with Gasteiger partial charge in [-0.3, -0.25) is 4.99 Å². The van der Waals surface area contributed by atoms with Crippen LogP contribution in [-0.4, -0.2) is 29.7 Å². The van der Waals surface area contributed by atoms with Gasteiger partial charge in [0.05, 0.1) is 6.04 Å². The molecule has 0 spiro atoms. The minimum atomic E-state index is -0.0384. The van der Waals surface area contributed by atoms with Gasteiger partial charge in [-0.05, 0) is 43.3 Å². The van der Waals surface area contributed by atoms with Gasteiger partial charge >= 0.3 is 0 Å². The van der Waals surface area contributed by atoms with E-state index in [-0.39, 0.29) is 30.0 Å². The molecule has 0 saturated heterocycles. The summed E-state index contributed by atoms with van der Waals surface area (Å²) < 4.78 is 11.3. The minimum absolute atomic E-state index is 0. The van der Waals surface area contributed by atoms with Crippen LogP contribution in [0.15, 0.2) is 68.5 Å². The maximum absolute atomic E-state index is 5.92. The molecule has 162 valence electrons. The Bertz CT molecular complexity index is 1120. The van der Waals surface area contributed by atoms with E-state index in [0.717, 1.165) is 22.3 Å². The predicted molar refractivity (Wildman–Crippen MR) is 133 cm³/mol. The number of guanidine groups is 1. The second kappa shape index (κ2) is 10.6. The van der Waals surface area contributed by atoms with Crippen LogP contribution >= 0.6 is 35.6 Å². The molecule has 1 atom stereocenters. The SMILES string of the molecule is CN=C(NCCc1nc(-c2ccc(Cl)cc2)no1)NC(C)c1cc2ccccc2o1.I. The van der Waals surface area contributed by atoms with Crippen molar-refractivity contribution in [1.29, 1.82) is 0 Å². The highest BCUT2D eigenvalue weighted by molar-refractivity contribution is 14.0. The molecule has 0 bridgehead atoms. The van der Waals surface area contributed by atoms with Crippen LogP contribution in [0.1, 0.15) is 24.6 Å². The Morgan fingerprint density at radius 2 is 1.94 bits per heavy atom. The zero-order valence-corrected chi connectivity index (χ0v) is 20.2. The third kappa shape index (κ3) is 5.76. The molecule has 2 N–H and O–H groups in total. The van der Waals surface area contributed by atoms with Crippen LogP contribution < -0.4 is 10.6 Å². The highest BCUT2D eigenvalue weighted by atomic mass is 127. The number of nitrogens with one attached hydrogen (secondary N) is 2. The zero-order chi connectivity index (χ0) is 20.9. The summed E-state index contributed by atoms with van der Waals surface area (Å²) in [6, 6.07) is 17.3. The van der Waals surface area contributed by atoms with Gasteiger partial charge in [0.1, 0.15) is 11.3 Å². The van der Waals surface area contributed by atoms with Gasteiger partial charge in [0.2, 0.25) is 11.7 Å².